The Morgan fingerprint density at radius 3 is 2.89 bits per heavy atom. The van der Waals surface area contributed by atoms with Crippen LogP contribution in [0.2, 0.25) is 0 Å². The molecule has 2 aliphatic rings. The molecule has 3 heteroatoms. The third kappa shape index (κ3) is 2.56. The highest BCUT2D eigenvalue weighted by atomic mass is 16.2. The molecule has 0 radical (unpaired) electrons. The smallest absolute Gasteiger partial charge is 0.240 e. The predicted molar refractivity (Wildman–Crippen MR) is 71.2 cm³/mol. The SMILES string of the molecule is Cc1cccc(CN2CCC(NC3CC3)C2=O)c1. The van der Waals surface area contributed by atoms with E-state index in [1.165, 1.54) is 24.0 Å². The molecule has 1 aliphatic heterocycles. The van der Waals surface area contributed by atoms with Crippen molar-refractivity contribution in [3.63, 3.8) is 0 Å². The number of carbonyl (C=O) groups excluding carboxylic acids is 1. The molecular weight excluding hydrogens is 224 g/mol. The number of rotatable bonds is 4. The Morgan fingerprint density at radius 2 is 2.17 bits per heavy atom. The Hall–Kier alpha value is -1.35. The molecule has 2 fully saturated rings. The maximum atomic E-state index is 12.2. The van der Waals surface area contributed by atoms with Crippen LogP contribution in [0.3, 0.4) is 0 Å². The first-order valence-corrected chi connectivity index (χ1v) is 6.83. The van der Waals surface area contributed by atoms with Crippen LogP contribution in [0, 0.1) is 6.92 Å². The summed E-state index contributed by atoms with van der Waals surface area (Å²) in [5.41, 5.74) is 2.49. The normalized spacial score (nSPS) is 23.7. The second-order valence-electron chi connectivity index (χ2n) is 5.53. The summed E-state index contributed by atoms with van der Waals surface area (Å²) in [6.45, 7) is 3.73. The molecule has 96 valence electrons. The maximum absolute atomic E-state index is 12.2. The van der Waals surface area contributed by atoms with Gasteiger partial charge in [-0.1, -0.05) is 29.8 Å². The monoisotopic (exact) mass is 244 g/mol. The summed E-state index contributed by atoms with van der Waals surface area (Å²) in [4.78, 5) is 14.2. The van der Waals surface area contributed by atoms with Crippen LogP contribution in [0.25, 0.3) is 0 Å². The van der Waals surface area contributed by atoms with Crippen molar-refractivity contribution in [2.45, 2.75) is 44.8 Å². The van der Waals surface area contributed by atoms with E-state index in [4.69, 9.17) is 0 Å². The van der Waals surface area contributed by atoms with Crippen LogP contribution >= 0.6 is 0 Å². The molecule has 0 spiro atoms. The maximum Gasteiger partial charge on any atom is 0.240 e. The summed E-state index contributed by atoms with van der Waals surface area (Å²) in [6, 6.07) is 9.09. The molecule has 3 nitrogen and oxygen atoms in total. The number of hydrogen-bond acceptors (Lipinski definition) is 2. The Bertz CT molecular complexity index is 454. The number of carbonyl (C=O) groups is 1. The van der Waals surface area contributed by atoms with E-state index in [1.54, 1.807) is 0 Å². The highest BCUT2D eigenvalue weighted by molar-refractivity contribution is 5.84. The Balaban J connectivity index is 1.61. The van der Waals surface area contributed by atoms with Gasteiger partial charge in [-0.05, 0) is 31.7 Å². The van der Waals surface area contributed by atoms with E-state index >= 15 is 0 Å². The number of aryl methyl sites for hydroxylation is 1. The third-order valence-corrected chi connectivity index (χ3v) is 3.77. The molecule has 3 rings (SSSR count). The van der Waals surface area contributed by atoms with Crippen molar-refractivity contribution in [1.82, 2.24) is 10.2 Å². The first-order chi connectivity index (χ1) is 8.72. The average Bonchev–Trinajstić information content (AvgIpc) is 3.10. The largest absolute Gasteiger partial charge is 0.337 e. The van der Waals surface area contributed by atoms with E-state index in [2.05, 4.69) is 36.5 Å². The van der Waals surface area contributed by atoms with Crippen LogP contribution in [0.15, 0.2) is 24.3 Å². The highest BCUT2D eigenvalue weighted by Crippen LogP contribution is 2.23. The van der Waals surface area contributed by atoms with Gasteiger partial charge in [-0.25, -0.2) is 0 Å². The van der Waals surface area contributed by atoms with E-state index in [1.807, 2.05) is 4.90 Å². The number of nitrogens with zero attached hydrogens (tertiary/aromatic N) is 1. The molecule has 1 saturated carbocycles. The van der Waals surface area contributed by atoms with Crippen molar-refractivity contribution in [3.05, 3.63) is 35.4 Å². The van der Waals surface area contributed by atoms with E-state index in [-0.39, 0.29) is 11.9 Å². The van der Waals surface area contributed by atoms with Gasteiger partial charge in [0.1, 0.15) is 0 Å². The lowest BCUT2D eigenvalue weighted by atomic mass is 10.1. The van der Waals surface area contributed by atoms with Crippen LogP contribution in [0.1, 0.15) is 30.4 Å². The Labute approximate surface area is 108 Å². The van der Waals surface area contributed by atoms with Crippen LogP contribution in [0.4, 0.5) is 0 Å². The van der Waals surface area contributed by atoms with Gasteiger partial charge in [0.25, 0.3) is 0 Å². The van der Waals surface area contributed by atoms with E-state index < -0.39 is 0 Å². The molecule has 1 atom stereocenters. The summed E-state index contributed by atoms with van der Waals surface area (Å²) in [7, 11) is 0. The summed E-state index contributed by atoms with van der Waals surface area (Å²) in [5, 5.41) is 3.44. The molecular formula is C15H20N2O. The van der Waals surface area contributed by atoms with Gasteiger partial charge in [0.2, 0.25) is 5.91 Å². The molecule has 1 unspecified atom stereocenters. The van der Waals surface area contributed by atoms with Crippen molar-refractivity contribution < 1.29 is 4.79 Å². The zero-order valence-corrected chi connectivity index (χ0v) is 10.9. The molecule has 1 aromatic carbocycles. The Morgan fingerprint density at radius 1 is 1.33 bits per heavy atom. The molecule has 1 N–H and O–H groups in total. The summed E-state index contributed by atoms with van der Waals surface area (Å²) >= 11 is 0. The van der Waals surface area contributed by atoms with Gasteiger partial charge in [0.15, 0.2) is 0 Å². The zero-order chi connectivity index (χ0) is 12.5. The lowest BCUT2D eigenvalue weighted by molar-refractivity contribution is -0.129. The number of likely N-dealkylation sites (tertiary alicyclic amines) is 1. The number of hydrogen-bond donors (Lipinski definition) is 1. The van der Waals surface area contributed by atoms with Gasteiger partial charge in [-0.2, -0.15) is 0 Å². The standard InChI is InChI=1S/C15H20N2O/c1-11-3-2-4-12(9-11)10-17-8-7-14(15(17)18)16-13-5-6-13/h2-4,9,13-14,16H,5-8,10H2,1H3. The Kier molecular flexibility index (Phi) is 3.08. The summed E-state index contributed by atoms with van der Waals surface area (Å²) in [5.74, 6) is 0.281. The van der Waals surface area contributed by atoms with Crippen molar-refractivity contribution in [2.75, 3.05) is 6.54 Å². The van der Waals surface area contributed by atoms with Crippen molar-refractivity contribution >= 4 is 5.91 Å². The van der Waals surface area contributed by atoms with Gasteiger partial charge in [0.05, 0.1) is 6.04 Å². The second-order valence-corrected chi connectivity index (χ2v) is 5.53. The van der Waals surface area contributed by atoms with Crippen molar-refractivity contribution in [3.8, 4) is 0 Å². The topological polar surface area (TPSA) is 32.3 Å². The number of benzene rings is 1. The van der Waals surface area contributed by atoms with Gasteiger partial charge in [0, 0.05) is 19.1 Å². The molecule has 1 aromatic rings. The third-order valence-electron chi connectivity index (χ3n) is 3.77. The molecule has 1 aliphatic carbocycles. The summed E-state index contributed by atoms with van der Waals surface area (Å²) in [6.07, 6.45) is 3.43. The minimum Gasteiger partial charge on any atom is -0.337 e. The molecule has 0 aromatic heterocycles. The van der Waals surface area contributed by atoms with E-state index in [0.29, 0.717) is 6.04 Å². The minimum absolute atomic E-state index is 0.0716. The lowest BCUT2D eigenvalue weighted by Crippen LogP contribution is -2.39. The second kappa shape index (κ2) is 4.73. The van der Waals surface area contributed by atoms with Gasteiger partial charge in [-0.3, -0.25) is 4.79 Å². The van der Waals surface area contributed by atoms with Crippen LogP contribution in [-0.4, -0.2) is 29.4 Å². The molecule has 0 bridgehead atoms. The highest BCUT2D eigenvalue weighted by Gasteiger charge is 2.35. The van der Waals surface area contributed by atoms with Crippen molar-refractivity contribution in [1.29, 1.82) is 0 Å². The molecule has 1 heterocycles. The first kappa shape index (κ1) is 11.7. The van der Waals surface area contributed by atoms with Crippen LogP contribution in [-0.2, 0) is 11.3 Å². The van der Waals surface area contributed by atoms with E-state index in [0.717, 1.165) is 19.5 Å². The van der Waals surface area contributed by atoms with E-state index in [9.17, 15) is 4.79 Å². The predicted octanol–water partition coefficient (Wildman–Crippen LogP) is 1.85. The molecule has 18 heavy (non-hydrogen) atoms. The van der Waals surface area contributed by atoms with Gasteiger partial charge < -0.3 is 10.2 Å². The number of nitrogens with one attached hydrogen (secondary N) is 1. The fraction of sp³-hybridized carbons (Fsp3) is 0.533. The fourth-order valence-corrected chi connectivity index (χ4v) is 2.62. The summed E-state index contributed by atoms with van der Waals surface area (Å²) < 4.78 is 0. The van der Waals surface area contributed by atoms with Gasteiger partial charge >= 0.3 is 0 Å². The minimum atomic E-state index is 0.0716. The first-order valence-electron chi connectivity index (χ1n) is 6.83. The van der Waals surface area contributed by atoms with Crippen LogP contribution in [0.5, 0.6) is 0 Å². The number of amides is 1. The zero-order valence-electron chi connectivity index (χ0n) is 10.9. The average molecular weight is 244 g/mol. The van der Waals surface area contributed by atoms with Crippen molar-refractivity contribution in [2.24, 2.45) is 0 Å². The van der Waals surface area contributed by atoms with Gasteiger partial charge in [-0.15, -0.1) is 0 Å². The molecule has 1 amide bonds. The lowest BCUT2D eigenvalue weighted by Gasteiger charge is -2.17. The quantitative estimate of drug-likeness (QED) is 0.876. The van der Waals surface area contributed by atoms with Crippen LogP contribution < -0.4 is 5.32 Å². The molecule has 1 saturated heterocycles. The fourth-order valence-electron chi connectivity index (χ4n) is 2.62.